The van der Waals surface area contributed by atoms with Crippen molar-refractivity contribution in [3.05, 3.63) is 58.6 Å². The van der Waals surface area contributed by atoms with Crippen LogP contribution in [0.5, 0.6) is 0 Å². The summed E-state index contributed by atoms with van der Waals surface area (Å²) in [4.78, 5) is 14.0. The topological polar surface area (TPSA) is 44.4 Å². The highest BCUT2D eigenvalue weighted by Crippen LogP contribution is 2.24. The first kappa shape index (κ1) is 17.0. The maximum absolute atomic E-state index is 12.2. The van der Waals surface area contributed by atoms with Gasteiger partial charge in [0.1, 0.15) is 0 Å². The molecule has 1 heterocycles. The second-order valence-corrected chi connectivity index (χ2v) is 6.71. The predicted molar refractivity (Wildman–Crippen MR) is 103 cm³/mol. The SMILES string of the molecule is O=C1CC(NC(=S)Nc2ccccc2Cl)CN1c1ccc(Cl)cc1. The summed E-state index contributed by atoms with van der Waals surface area (Å²) >= 11 is 17.3. The molecule has 1 amide bonds. The van der Waals surface area contributed by atoms with Crippen LogP contribution in [-0.4, -0.2) is 23.6 Å². The van der Waals surface area contributed by atoms with Gasteiger partial charge >= 0.3 is 0 Å². The van der Waals surface area contributed by atoms with Crippen LogP contribution in [0.1, 0.15) is 6.42 Å². The van der Waals surface area contributed by atoms with Crippen molar-refractivity contribution < 1.29 is 4.79 Å². The van der Waals surface area contributed by atoms with Crippen molar-refractivity contribution in [1.29, 1.82) is 0 Å². The minimum absolute atomic E-state index is 0.0513. The van der Waals surface area contributed by atoms with Crippen LogP contribution < -0.4 is 15.5 Å². The molecule has 1 unspecified atom stereocenters. The predicted octanol–water partition coefficient (Wildman–Crippen LogP) is 4.09. The third kappa shape index (κ3) is 3.98. The maximum Gasteiger partial charge on any atom is 0.229 e. The zero-order valence-corrected chi connectivity index (χ0v) is 15.0. The van der Waals surface area contributed by atoms with E-state index in [1.54, 1.807) is 23.1 Å². The van der Waals surface area contributed by atoms with Crippen molar-refractivity contribution in [2.45, 2.75) is 12.5 Å². The highest BCUT2D eigenvalue weighted by Gasteiger charge is 2.31. The summed E-state index contributed by atoms with van der Waals surface area (Å²) in [7, 11) is 0. The smallest absolute Gasteiger partial charge is 0.229 e. The first-order valence-electron chi connectivity index (χ1n) is 7.41. The monoisotopic (exact) mass is 379 g/mol. The highest BCUT2D eigenvalue weighted by atomic mass is 35.5. The number of carbonyl (C=O) groups excluding carboxylic acids is 1. The fourth-order valence-electron chi connectivity index (χ4n) is 2.58. The number of para-hydroxylation sites is 1. The molecule has 1 atom stereocenters. The van der Waals surface area contributed by atoms with Gasteiger partial charge in [-0.05, 0) is 48.6 Å². The maximum atomic E-state index is 12.2. The van der Waals surface area contributed by atoms with E-state index in [1.807, 2.05) is 30.3 Å². The lowest BCUT2D eigenvalue weighted by atomic mass is 10.2. The van der Waals surface area contributed by atoms with Crippen LogP contribution in [-0.2, 0) is 4.79 Å². The number of benzene rings is 2. The molecule has 24 heavy (non-hydrogen) atoms. The van der Waals surface area contributed by atoms with E-state index < -0.39 is 0 Å². The number of hydrogen-bond acceptors (Lipinski definition) is 2. The highest BCUT2D eigenvalue weighted by molar-refractivity contribution is 7.80. The van der Waals surface area contributed by atoms with E-state index in [0.717, 1.165) is 11.4 Å². The molecule has 2 N–H and O–H groups in total. The van der Waals surface area contributed by atoms with Crippen LogP contribution in [0.15, 0.2) is 48.5 Å². The molecule has 1 aliphatic rings. The van der Waals surface area contributed by atoms with Gasteiger partial charge in [-0.25, -0.2) is 0 Å². The third-order valence-corrected chi connectivity index (χ3v) is 4.52. The molecule has 0 radical (unpaired) electrons. The number of anilines is 2. The Kier molecular flexibility index (Phi) is 5.23. The first-order valence-corrected chi connectivity index (χ1v) is 8.57. The summed E-state index contributed by atoms with van der Waals surface area (Å²) in [6.07, 6.45) is 0.382. The molecule has 1 fully saturated rings. The van der Waals surface area contributed by atoms with Gasteiger partial charge in [-0.15, -0.1) is 0 Å². The summed E-state index contributed by atoms with van der Waals surface area (Å²) in [5.41, 5.74) is 1.56. The van der Waals surface area contributed by atoms with Crippen LogP contribution in [0.4, 0.5) is 11.4 Å². The Bertz CT molecular complexity index is 767. The Balaban J connectivity index is 1.61. The van der Waals surface area contributed by atoms with Crippen molar-refractivity contribution in [3.63, 3.8) is 0 Å². The number of thiocarbonyl (C=S) groups is 1. The van der Waals surface area contributed by atoms with Crippen LogP contribution >= 0.6 is 35.4 Å². The average molecular weight is 380 g/mol. The lowest BCUT2D eigenvalue weighted by Gasteiger charge is -2.18. The lowest BCUT2D eigenvalue weighted by molar-refractivity contribution is -0.117. The fourth-order valence-corrected chi connectivity index (χ4v) is 3.17. The van der Waals surface area contributed by atoms with Crippen LogP contribution in [0.3, 0.4) is 0 Å². The number of halogens is 2. The van der Waals surface area contributed by atoms with Crippen molar-refractivity contribution in [2.75, 3.05) is 16.8 Å². The Morgan fingerprint density at radius 1 is 1.12 bits per heavy atom. The summed E-state index contributed by atoms with van der Waals surface area (Å²) in [5, 5.41) is 7.90. The van der Waals surface area contributed by atoms with E-state index in [9.17, 15) is 4.79 Å². The van der Waals surface area contributed by atoms with Crippen LogP contribution in [0.25, 0.3) is 0 Å². The molecule has 3 rings (SSSR count). The van der Waals surface area contributed by atoms with E-state index >= 15 is 0 Å². The molecule has 2 aromatic carbocycles. The summed E-state index contributed by atoms with van der Waals surface area (Å²) < 4.78 is 0. The molecule has 0 aliphatic carbocycles. The summed E-state index contributed by atoms with van der Waals surface area (Å²) in [5.74, 6) is 0.0513. The molecule has 7 heteroatoms. The number of amides is 1. The molecule has 4 nitrogen and oxygen atoms in total. The van der Waals surface area contributed by atoms with Gasteiger partial charge < -0.3 is 15.5 Å². The molecule has 2 aromatic rings. The summed E-state index contributed by atoms with van der Waals surface area (Å²) in [6, 6.07) is 14.5. The quantitative estimate of drug-likeness (QED) is 0.788. The molecule has 124 valence electrons. The number of carbonyl (C=O) groups is 1. The van der Waals surface area contributed by atoms with E-state index in [2.05, 4.69) is 10.6 Å². The Morgan fingerprint density at radius 2 is 1.83 bits per heavy atom. The zero-order chi connectivity index (χ0) is 17.1. The minimum Gasteiger partial charge on any atom is -0.357 e. The van der Waals surface area contributed by atoms with Gasteiger partial charge in [0.25, 0.3) is 0 Å². The largest absolute Gasteiger partial charge is 0.357 e. The van der Waals surface area contributed by atoms with Gasteiger partial charge in [-0.2, -0.15) is 0 Å². The first-order chi connectivity index (χ1) is 11.5. The Labute approximate surface area is 155 Å². The van der Waals surface area contributed by atoms with Gasteiger partial charge in [0, 0.05) is 23.7 Å². The normalized spacial score (nSPS) is 17.0. The molecule has 0 spiro atoms. The molecule has 1 saturated heterocycles. The second kappa shape index (κ2) is 7.38. The standard InChI is InChI=1S/C17H15Cl2N3OS/c18-11-5-7-13(8-6-11)22-10-12(9-16(22)23)20-17(24)21-15-4-2-1-3-14(15)19/h1-8,12H,9-10H2,(H2,20,21,24). The second-order valence-electron chi connectivity index (χ2n) is 5.46. The number of nitrogens with zero attached hydrogens (tertiary/aromatic N) is 1. The number of nitrogens with one attached hydrogen (secondary N) is 2. The van der Waals surface area contributed by atoms with Crippen molar-refractivity contribution >= 4 is 57.8 Å². The van der Waals surface area contributed by atoms with Gasteiger partial charge in [-0.3, -0.25) is 4.79 Å². The third-order valence-electron chi connectivity index (χ3n) is 3.72. The van der Waals surface area contributed by atoms with E-state index in [0.29, 0.717) is 28.1 Å². The molecular weight excluding hydrogens is 365 g/mol. The summed E-state index contributed by atoms with van der Waals surface area (Å²) in [6.45, 7) is 0.546. The number of hydrogen-bond donors (Lipinski definition) is 2. The van der Waals surface area contributed by atoms with Crippen LogP contribution in [0, 0.1) is 0 Å². The molecular formula is C17H15Cl2N3OS. The van der Waals surface area contributed by atoms with Crippen molar-refractivity contribution in [3.8, 4) is 0 Å². The minimum atomic E-state index is -0.0596. The molecule has 0 saturated carbocycles. The van der Waals surface area contributed by atoms with Crippen molar-refractivity contribution in [1.82, 2.24) is 5.32 Å². The van der Waals surface area contributed by atoms with Crippen molar-refractivity contribution in [2.24, 2.45) is 0 Å². The lowest BCUT2D eigenvalue weighted by Crippen LogP contribution is -2.39. The molecule has 0 bridgehead atoms. The number of rotatable bonds is 3. The van der Waals surface area contributed by atoms with Gasteiger partial charge in [0.2, 0.25) is 5.91 Å². The van der Waals surface area contributed by atoms with Gasteiger partial charge in [0.05, 0.1) is 16.8 Å². The Morgan fingerprint density at radius 3 is 2.54 bits per heavy atom. The van der Waals surface area contributed by atoms with Crippen LogP contribution in [0.2, 0.25) is 10.0 Å². The van der Waals surface area contributed by atoms with E-state index in [1.165, 1.54) is 0 Å². The fraction of sp³-hybridized carbons (Fsp3) is 0.176. The molecule has 1 aliphatic heterocycles. The van der Waals surface area contributed by atoms with Gasteiger partial charge in [0.15, 0.2) is 5.11 Å². The Hall–Kier alpha value is -1.82. The van der Waals surface area contributed by atoms with E-state index in [4.69, 9.17) is 35.4 Å². The van der Waals surface area contributed by atoms with Gasteiger partial charge in [-0.1, -0.05) is 35.3 Å². The average Bonchev–Trinajstić information content (AvgIpc) is 2.90. The molecule has 0 aromatic heterocycles. The zero-order valence-electron chi connectivity index (χ0n) is 12.6. The van der Waals surface area contributed by atoms with E-state index in [-0.39, 0.29) is 11.9 Å².